The summed E-state index contributed by atoms with van der Waals surface area (Å²) in [6.45, 7) is 6.48. The smallest absolute Gasteiger partial charge is 0.291 e. The van der Waals surface area contributed by atoms with E-state index in [0.717, 1.165) is 32.0 Å². The van der Waals surface area contributed by atoms with Crippen LogP contribution in [-0.2, 0) is 4.74 Å². The zero-order chi connectivity index (χ0) is 18.6. The number of nitrogens with zero attached hydrogens (tertiary/aromatic N) is 3. The molecule has 0 unspecified atom stereocenters. The highest BCUT2D eigenvalue weighted by atomic mass is 16.5. The van der Waals surface area contributed by atoms with Crippen LogP contribution in [0.5, 0.6) is 0 Å². The zero-order valence-corrected chi connectivity index (χ0v) is 16.6. The Labute approximate surface area is 162 Å². The first-order valence-electron chi connectivity index (χ1n) is 10.8. The Kier molecular flexibility index (Phi) is 6.13. The third-order valence-corrected chi connectivity index (χ3v) is 6.64. The molecular formula is C21H33N3O3. The van der Waals surface area contributed by atoms with Gasteiger partial charge in [-0.2, -0.15) is 0 Å². The van der Waals surface area contributed by atoms with Crippen LogP contribution in [0.2, 0.25) is 0 Å². The van der Waals surface area contributed by atoms with E-state index in [1.807, 2.05) is 11.8 Å². The largest absolute Gasteiger partial charge is 0.438 e. The lowest BCUT2D eigenvalue weighted by molar-refractivity contribution is 0.0407. The molecule has 1 aliphatic carbocycles. The summed E-state index contributed by atoms with van der Waals surface area (Å²) in [5.74, 6) is 0.923. The van der Waals surface area contributed by atoms with Gasteiger partial charge in [0.1, 0.15) is 0 Å². The monoisotopic (exact) mass is 375 g/mol. The van der Waals surface area contributed by atoms with E-state index in [-0.39, 0.29) is 12.0 Å². The average Bonchev–Trinajstić information content (AvgIpc) is 3.44. The molecule has 1 atom stereocenters. The van der Waals surface area contributed by atoms with Gasteiger partial charge in [0.25, 0.3) is 5.91 Å². The van der Waals surface area contributed by atoms with Gasteiger partial charge in [0.05, 0.1) is 11.8 Å². The SMILES string of the molecule is Cc1ncoc1C(=O)N(CC1CCN(C2CCCC2)CC1)C[C@@H]1CCCO1. The predicted molar refractivity (Wildman–Crippen MR) is 103 cm³/mol. The highest BCUT2D eigenvalue weighted by Crippen LogP contribution is 2.29. The molecule has 2 aliphatic heterocycles. The van der Waals surface area contributed by atoms with Crippen molar-refractivity contribution in [2.24, 2.45) is 5.92 Å². The lowest BCUT2D eigenvalue weighted by atomic mass is 9.94. The van der Waals surface area contributed by atoms with Gasteiger partial charge in [0.2, 0.25) is 5.76 Å². The molecule has 0 N–H and O–H groups in total. The number of likely N-dealkylation sites (tertiary alicyclic amines) is 1. The zero-order valence-electron chi connectivity index (χ0n) is 16.6. The molecule has 3 heterocycles. The molecular weight excluding hydrogens is 342 g/mol. The molecule has 150 valence electrons. The van der Waals surface area contributed by atoms with Crippen LogP contribution in [-0.4, -0.2) is 65.6 Å². The Morgan fingerprint density at radius 1 is 1.15 bits per heavy atom. The molecule has 0 bridgehead atoms. The number of aromatic nitrogens is 1. The number of ether oxygens (including phenoxy) is 1. The molecule has 2 saturated heterocycles. The minimum Gasteiger partial charge on any atom is -0.438 e. The molecule has 3 aliphatic rings. The first kappa shape index (κ1) is 18.9. The van der Waals surface area contributed by atoms with Crippen molar-refractivity contribution in [3.63, 3.8) is 0 Å². The molecule has 6 heteroatoms. The number of carbonyl (C=O) groups is 1. The number of piperidine rings is 1. The maximum absolute atomic E-state index is 13.1. The Bertz CT molecular complexity index is 612. The normalized spacial score (nSPS) is 25.3. The van der Waals surface area contributed by atoms with Crippen molar-refractivity contribution < 1.29 is 13.9 Å². The molecule has 27 heavy (non-hydrogen) atoms. The van der Waals surface area contributed by atoms with Crippen LogP contribution in [0.3, 0.4) is 0 Å². The van der Waals surface area contributed by atoms with Crippen molar-refractivity contribution in [3.05, 3.63) is 17.8 Å². The third-order valence-electron chi connectivity index (χ3n) is 6.64. The molecule has 1 amide bonds. The molecule has 4 rings (SSSR count). The van der Waals surface area contributed by atoms with Gasteiger partial charge in [-0.1, -0.05) is 12.8 Å². The lowest BCUT2D eigenvalue weighted by Crippen LogP contribution is -2.45. The summed E-state index contributed by atoms with van der Waals surface area (Å²) in [7, 11) is 0. The van der Waals surface area contributed by atoms with E-state index in [0.29, 0.717) is 23.9 Å². The van der Waals surface area contributed by atoms with Crippen molar-refractivity contribution in [2.45, 2.75) is 70.4 Å². The van der Waals surface area contributed by atoms with Gasteiger partial charge in [-0.25, -0.2) is 4.98 Å². The number of carbonyl (C=O) groups excluding carboxylic acids is 1. The fraction of sp³-hybridized carbons (Fsp3) is 0.810. The fourth-order valence-electron chi connectivity index (χ4n) is 5.01. The first-order valence-corrected chi connectivity index (χ1v) is 10.8. The van der Waals surface area contributed by atoms with Crippen LogP contribution in [0.4, 0.5) is 0 Å². The lowest BCUT2D eigenvalue weighted by Gasteiger charge is -2.38. The number of amides is 1. The Balaban J connectivity index is 1.37. The Morgan fingerprint density at radius 3 is 2.56 bits per heavy atom. The molecule has 0 aromatic carbocycles. The van der Waals surface area contributed by atoms with Crippen LogP contribution in [0.15, 0.2) is 10.8 Å². The van der Waals surface area contributed by atoms with E-state index in [1.54, 1.807) is 0 Å². The second-order valence-electron chi connectivity index (χ2n) is 8.53. The van der Waals surface area contributed by atoms with Gasteiger partial charge < -0.3 is 19.0 Å². The summed E-state index contributed by atoms with van der Waals surface area (Å²) in [6.07, 6.45) is 11.6. The van der Waals surface area contributed by atoms with E-state index < -0.39 is 0 Å². The summed E-state index contributed by atoms with van der Waals surface area (Å²) >= 11 is 0. The topological polar surface area (TPSA) is 58.8 Å². The number of oxazole rings is 1. The van der Waals surface area contributed by atoms with Crippen molar-refractivity contribution >= 4 is 5.91 Å². The summed E-state index contributed by atoms with van der Waals surface area (Å²) in [4.78, 5) is 21.9. The number of rotatable bonds is 6. The molecule has 0 radical (unpaired) electrons. The standard InChI is InChI=1S/C21H33N3O3/c1-16-20(27-15-22-16)21(25)24(14-19-7-4-12-26-19)13-17-8-10-23(11-9-17)18-5-2-3-6-18/h15,17-19H,2-14H2,1H3/t19-/m0/s1. The first-order chi connectivity index (χ1) is 13.2. The summed E-state index contributed by atoms with van der Waals surface area (Å²) in [5, 5.41) is 0. The van der Waals surface area contributed by atoms with E-state index >= 15 is 0 Å². The van der Waals surface area contributed by atoms with Gasteiger partial charge in [0.15, 0.2) is 6.39 Å². The molecule has 0 spiro atoms. The molecule has 1 saturated carbocycles. The van der Waals surface area contributed by atoms with Gasteiger partial charge in [-0.15, -0.1) is 0 Å². The van der Waals surface area contributed by atoms with Gasteiger partial charge in [0, 0.05) is 25.7 Å². The maximum Gasteiger partial charge on any atom is 0.291 e. The van der Waals surface area contributed by atoms with Crippen molar-refractivity contribution in [1.29, 1.82) is 0 Å². The highest BCUT2D eigenvalue weighted by molar-refractivity contribution is 5.92. The van der Waals surface area contributed by atoms with Crippen LogP contribution < -0.4 is 0 Å². The second-order valence-corrected chi connectivity index (χ2v) is 8.53. The molecule has 1 aromatic rings. The second kappa shape index (κ2) is 8.74. The van der Waals surface area contributed by atoms with E-state index in [2.05, 4.69) is 9.88 Å². The summed E-state index contributed by atoms with van der Waals surface area (Å²) in [6, 6.07) is 0.812. The van der Waals surface area contributed by atoms with Gasteiger partial charge in [-0.05, 0) is 64.5 Å². The van der Waals surface area contributed by atoms with Crippen LogP contribution in [0.1, 0.15) is 67.6 Å². The minimum atomic E-state index is -0.0290. The summed E-state index contributed by atoms with van der Waals surface area (Å²) in [5.41, 5.74) is 0.674. The number of aryl methyl sites for hydroxylation is 1. The molecule has 1 aromatic heterocycles. The van der Waals surface area contributed by atoms with Crippen molar-refractivity contribution in [1.82, 2.24) is 14.8 Å². The number of hydrogen-bond acceptors (Lipinski definition) is 5. The Hall–Kier alpha value is -1.40. The van der Waals surface area contributed by atoms with E-state index in [4.69, 9.17) is 9.15 Å². The fourth-order valence-corrected chi connectivity index (χ4v) is 5.01. The average molecular weight is 376 g/mol. The molecule has 6 nitrogen and oxygen atoms in total. The van der Waals surface area contributed by atoms with Crippen LogP contribution in [0, 0.1) is 12.8 Å². The van der Waals surface area contributed by atoms with E-state index in [1.165, 1.54) is 58.0 Å². The predicted octanol–water partition coefficient (Wildman–Crippen LogP) is 3.26. The molecule has 3 fully saturated rings. The quantitative estimate of drug-likeness (QED) is 0.764. The van der Waals surface area contributed by atoms with Crippen molar-refractivity contribution in [2.75, 3.05) is 32.8 Å². The van der Waals surface area contributed by atoms with Crippen molar-refractivity contribution in [3.8, 4) is 0 Å². The number of hydrogen-bond donors (Lipinski definition) is 0. The highest BCUT2D eigenvalue weighted by Gasteiger charge is 2.31. The third kappa shape index (κ3) is 4.54. The Morgan fingerprint density at radius 2 is 1.93 bits per heavy atom. The van der Waals surface area contributed by atoms with Crippen LogP contribution in [0.25, 0.3) is 0 Å². The van der Waals surface area contributed by atoms with E-state index in [9.17, 15) is 4.79 Å². The minimum absolute atomic E-state index is 0.0290. The van der Waals surface area contributed by atoms with Gasteiger partial charge >= 0.3 is 0 Å². The maximum atomic E-state index is 13.1. The van der Waals surface area contributed by atoms with Gasteiger partial charge in [-0.3, -0.25) is 4.79 Å². The summed E-state index contributed by atoms with van der Waals surface area (Å²) < 4.78 is 11.2. The van der Waals surface area contributed by atoms with Crippen LogP contribution >= 0.6 is 0 Å².